The third-order valence-corrected chi connectivity index (χ3v) is 5.46. The van der Waals surface area contributed by atoms with Crippen molar-refractivity contribution in [1.82, 2.24) is 14.9 Å². The number of aromatic amines is 1. The molecule has 0 atom stereocenters. The highest BCUT2D eigenvalue weighted by Gasteiger charge is 2.14. The molecule has 0 saturated carbocycles. The van der Waals surface area contributed by atoms with Crippen molar-refractivity contribution in [3.63, 3.8) is 0 Å². The SMILES string of the molecule is CCCNC(=O)c1cccc(NC(=O)c2ccc3c(=O)n(-c4ccccc4F)c(=S)[nH]c3c2)c1. The Balaban J connectivity index is 1.64. The summed E-state index contributed by atoms with van der Waals surface area (Å²) in [5.41, 5.74) is 1.06. The van der Waals surface area contributed by atoms with Crippen LogP contribution in [0.3, 0.4) is 0 Å². The maximum absolute atomic E-state index is 14.3. The molecule has 34 heavy (non-hydrogen) atoms. The van der Waals surface area contributed by atoms with E-state index in [1.807, 2.05) is 6.92 Å². The molecule has 0 saturated heterocycles. The molecule has 0 bridgehead atoms. The van der Waals surface area contributed by atoms with Gasteiger partial charge in [-0.1, -0.05) is 25.1 Å². The zero-order valence-corrected chi connectivity index (χ0v) is 19.0. The maximum atomic E-state index is 14.3. The number of anilines is 1. The zero-order chi connectivity index (χ0) is 24.2. The number of carbonyl (C=O) groups is 2. The second-order valence-electron chi connectivity index (χ2n) is 7.57. The van der Waals surface area contributed by atoms with Crippen LogP contribution in [0.4, 0.5) is 10.1 Å². The summed E-state index contributed by atoms with van der Waals surface area (Å²) in [4.78, 5) is 40.9. The Hall–Kier alpha value is -4.11. The normalized spacial score (nSPS) is 10.8. The molecule has 1 aromatic heterocycles. The van der Waals surface area contributed by atoms with E-state index >= 15 is 0 Å². The first-order chi connectivity index (χ1) is 16.4. The number of hydrogen-bond donors (Lipinski definition) is 3. The van der Waals surface area contributed by atoms with E-state index in [9.17, 15) is 18.8 Å². The Bertz CT molecular complexity index is 1530. The molecular weight excluding hydrogens is 455 g/mol. The molecule has 2 amide bonds. The fourth-order valence-electron chi connectivity index (χ4n) is 3.49. The number of para-hydroxylation sites is 1. The van der Waals surface area contributed by atoms with Gasteiger partial charge in [-0.25, -0.2) is 8.96 Å². The first-order valence-electron chi connectivity index (χ1n) is 10.6. The van der Waals surface area contributed by atoms with E-state index in [-0.39, 0.29) is 27.3 Å². The summed E-state index contributed by atoms with van der Waals surface area (Å²) in [6.45, 7) is 2.52. The summed E-state index contributed by atoms with van der Waals surface area (Å²) in [6, 6.07) is 16.9. The van der Waals surface area contributed by atoms with Gasteiger partial charge in [-0.15, -0.1) is 0 Å². The Labute approximate surface area is 199 Å². The van der Waals surface area contributed by atoms with Crippen LogP contribution < -0.4 is 16.2 Å². The standard InChI is InChI=1S/C25H21FN4O3S/c1-2-12-27-22(31)15-6-5-7-17(13-15)28-23(32)16-10-11-18-20(14-16)29-25(34)30(24(18)33)21-9-4-3-8-19(21)26/h3-11,13-14H,2,12H2,1H3,(H,27,31)(H,28,32)(H,29,34). The second-order valence-corrected chi connectivity index (χ2v) is 7.96. The first-order valence-corrected chi connectivity index (χ1v) is 11.0. The molecule has 3 aromatic carbocycles. The van der Waals surface area contributed by atoms with Crippen LogP contribution in [0.25, 0.3) is 16.6 Å². The van der Waals surface area contributed by atoms with Crippen LogP contribution in [0.2, 0.25) is 0 Å². The van der Waals surface area contributed by atoms with E-state index in [1.54, 1.807) is 30.3 Å². The monoisotopic (exact) mass is 476 g/mol. The number of nitrogens with zero attached hydrogens (tertiary/aromatic N) is 1. The Morgan fingerprint density at radius 2 is 1.76 bits per heavy atom. The van der Waals surface area contributed by atoms with Crippen LogP contribution in [0.1, 0.15) is 34.1 Å². The van der Waals surface area contributed by atoms with E-state index in [4.69, 9.17) is 12.2 Å². The number of carbonyl (C=O) groups excluding carboxylic acids is 2. The Morgan fingerprint density at radius 1 is 1.00 bits per heavy atom. The van der Waals surface area contributed by atoms with Crippen LogP contribution in [0.5, 0.6) is 0 Å². The van der Waals surface area contributed by atoms with Gasteiger partial charge in [-0.2, -0.15) is 0 Å². The van der Waals surface area contributed by atoms with Gasteiger partial charge in [0, 0.05) is 23.4 Å². The number of nitrogens with one attached hydrogen (secondary N) is 3. The molecule has 4 rings (SSSR count). The van der Waals surface area contributed by atoms with Gasteiger partial charge in [-0.3, -0.25) is 14.4 Å². The van der Waals surface area contributed by atoms with Gasteiger partial charge in [0.2, 0.25) is 0 Å². The Morgan fingerprint density at radius 3 is 2.53 bits per heavy atom. The maximum Gasteiger partial charge on any atom is 0.266 e. The highest BCUT2D eigenvalue weighted by atomic mass is 32.1. The molecule has 9 heteroatoms. The summed E-state index contributed by atoms with van der Waals surface area (Å²) in [5.74, 6) is -1.22. The van der Waals surface area contributed by atoms with Gasteiger partial charge in [0.25, 0.3) is 17.4 Å². The predicted octanol–water partition coefficient (Wildman–Crippen LogP) is 4.58. The summed E-state index contributed by atoms with van der Waals surface area (Å²) in [6.07, 6.45) is 0.818. The number of H-pyrrole nitrogens is 1. The van der Waals surface area contributed by atoms with Crippen molar-refractivity contribution < 1.29 is 14.0 Å². The number of hydrogen-bond acceptors (Lipinski definition) is 4. The second kappa shape index (κ2) is 9.80. The minimum Gasteiger partial charge on any atom is -0.352 e. The minimum atomic E-state index is -0.579. The molecule has 0 aliphatic rings. The van der Waals surface area contributed by atoms with Crippen LogP contribution in [-0.4, -0.2) is 27.9 Å². The molecule has 7 nitrogen and oxygen atoms in total. The van der Waals surface area contributed by atoms with Crippen molar-refractivity contribution in [3.05, 3.63) is 98.8 Å². The number of halogens is 1. The van der Waals surface area contributed by atoms with Crippen LogP contribution in [-0.2, 0) is 0 Å². The lowest BCUT2D eigenvalue weighted by atomic mass is 10.1. The van der Waals surface area contributed by atoms with Crippen molar-refractivity contribution in [3.8, 4) is 5.69 Å². The number of amides is 2. The molecule has 0 fully saturated rings. The summed E-state index contributed by atoms with van der Waals surface area (Å²) < 4.78 is 15.3. The zero-order valence-electron chi connectivity index (χ0n) is 18.2. The van der Waals surface area contributed by atoms with Crippen LogP contribution in [0, 0.1) is 10.6 Å². The molecule has 172 valence electrons. The highest BCUT2D eigenvalue weighted by molar-refractivity contribution is 7.71. The lowest BCUT2D eigenvalue weighted by Gasteiger charge is -2.11. The molecular formula is C25H21FN4O3S. The number of aromatic nitrogens is 2. The fourth-order valence-corrected chi connectivity index (χ4v) is 3.78. The van der Waals surface area contributed by atoms with Crippen molar-refractivity contribution in [2.24, 2.45) is 0 Å². The van der Waals surface area contributed by atoms with Gasteiger partial charge < -0.3 is 15.6 Å². The quantitative estimate of drug-likeness (QED) is 0.355. The van der Waals surface area contributed by atoms with E-state index in [0.29, 0.717) is 23.3 Å². The lowest BCUT2D eigenvalue weighted by molar-refractivity contribution is 0.0952. The van der Waals surface area contributed by atoms with Crippen LogP contribution in [0.15, 0.2) is 71.5 Å². The lowest BCUT2D eigenvalue weighted by Crippen LogP contribution is -2.24. The third kappa shape index (κ3) is 4.65. The summed E-state index contributed by atoms with van der Waals surface area (Å²) in [7, 11) is 0. The van der Waals surface area contributed by atoms with Gasteiger partial charge >= 0.3 is 0 Å². The molecule has 0 spiro atoms. The molecule has 4 aromatic rings. The smallest absolute Gasteiger partial charge is 0.266 e. The highest BCUT2D eigenvalue weighted by Crippen LogP contribution is 2.17. The topological polar surface area (TPSA) is 96.0 Å². The molecule has 0 unspecified atom stereocenters. The molecule has 0 aliphatic heterocycles. The summed E-state index contributed by atoms with van der Waals surface area (Å²) >= 11 is 5.29. The molecule has 1 heterocycles. The third-order valence-electron chi connectivity index (χ3n) is 5.17. The fraction of sp³-hybridized carbons (Fsp3) is 0.120. The van der Waals surface area contributed by atoms with Crippen molar-refractivity contribution in [2.75, 3.05) is 11.9 Å². The predicted molar refractivity (Wildman–Crippen MR) is 132 cm³/mol. The summed E-state index contributed by atoms with van der Waals surface area (Å²) in [5, 5.41) is 5.80. The first kappa shape index (κ1) is 23.1. The largest absolute Gasteiger partial charge is 0.352 e. The van der Waals surface area contributed by atoms with E-state index in [0.717, 1.165) is 11.0 Å². The van der Waals surface area contributed by atoms with Crippen molar-refractivity contribution >= 4 is 40.6 Å². The van der Waals surface area contributed by atoms with Crippen molar-refractivity contribution in [2.45, 2.75) is 13.3 Å². The van der Waals surface area contributed by atoms with Gasteiger partial charge in [-0.05, 0) is 67.2 Å². The van der Waals surface area contributed by atoms with E-state index in [2.05, 4.69) is 15.6 Å². The average Bonchev–Trinajstić information content (AvgIpc) is 2.83. The van der Waals surface area contributed by atoms with E-state index < -0.39 is 17.3 Å². The van der Waals surface area contributed by atoms with E-state index in [1.165, 1.54) is 36.4 Å². The number of benzene rings is 3. The molecule has 0 radical (unpaired) electrons. The van der Waals surface area contributed by atoms with Gasteiger partial charge in [0.15, 0.2) is 4.77 Å². The van der Waals surface area contributed by atoms with Gasteiger partial charge in [0.05, 0.1) is 16.6 Å². The molecule has 3 N–H and O–H groups in total. The Kier molecular flexibility index (Phi) is 6.65. The molecule has 0 aliphatic carbocycles. The minimum absolute atomic E-state index is 0.00551. The average molecular weight is 477 g/mol. The number of rotatable bonds is 6. The van der Waals surface area contributed by atoms with Crippen LogP contribution >= 0.6 is 12.2 Å². The van der Waals surface area contributed by atoms with Gasteiger partial charge in [0.1, 0.15) is 5.82 Å². The number of fused-ring (bicyclic) bond motifs is 1. The van der Waals surface area contributed by atoms with Crippen molar-refractivity contribution in [1.29, 1.82) is 0 Å².